The van der Waals surface area contributed by atoms with Gasteiger partial charge in [0.1, 0.15) is 0 Å². The SMILES string of the molecule is FC(F)c1ccc(N2CC3(CCN(Cc4ccccc4)CC3)c3ccccc32)cc1. The van der Waals surface area contributed by atoms with Crippen LogP contribution in [-0.4, -0.2) is 24.5 Å². The van der Waals surface area contributed by atoms with Gasteiger partial charge in [0.25, 0.3) is 6.43 Å². The molecule has 0 aliphatic carbocycles. The Kier molecular flexibility index (Phi) is 5.03. The number of halogens is 2. The number of benzene rings is 3. The molecule has 0 N–H and O–H groups in total. The van der Waals surface area contributed by atoms with Gasteiger partial charge in [0.2, 0.25) is 0 Å². The van der Waals surface area contributed by atoms with Crippen LogP contribution in [0.3, 0.4) is 0 Å². The first-order valence-electron chi connectivity index (χ1n) is 10.7. The second kappa shape index (κ2) is 7.84. The van der Waals surface area contributed by atoms with Crippen LogP contribution in [0.15, 0.2) is 78.9 Å². The van der Waals surface area contributed by atoms with E-state index in [1.54, 1.807) is 12.1 Å². The van der Waals surface area contributed by atoms with E-state index in [9.17, 15) is 8.78 Å². The summed E-state index contributed by atoms with van der Waals surface area (Å²) in [5, 5.41) is 0. The normalized spacial score (nSPS) is 18.2. The van der Waals surface area contributed by atoms with Crippen LogP contribution in [0.5, 0.6) is 0 Å². The van der Waals surface area contributed by atoms with Crippen molar-refractivity contribution in [1.82, 2.24) is 4.90 Å². The molecule has 0 saturated carbocycles. The van der Waals surface area contributed by atoms with E-state index in [2.05, 4.69) is 64.4 Å². The summed E-state index contributed by atoms with van der Waals surface area (Å²) in [4.78, 5) is 4.86. The highest BCUT2D eigenvalue weighted by Crippen LogP contribution is 2.49. The summed E-state index contributed by atoms with van der Waals surface area (Å²) in [6, 6.07) is 26.1. The smallest absolute Gasteiger partial charge is 0.263 e. The lowest BCUT2D eigenvalue weighted by Crippen LogP contribution is -2.44. The molecule has 2 aliphatic rings. The van der Waals surface area contributed by atoms with Gasteiger partial charge in [-0.15, -0.1) is 0 Å². The summed E-state index contributed by atoms with van der Waals surface area (Å²) < 4.78 is 26.0. The van der Waals surface area contributed by atoms with E-state index in [1.807, 2.05) is 12.1 Å². The van der Waals surface area contributed by atoms with Crippen LogP contribution in [0.2, 0.25) is 0 Å². The van der Waals surface area contributed by atoms with Crippen molar-refractivity contribution in [1.29, 1.82) is 0 Å². The van der Waals surface area contributed by atoms with Crippen LogP contribution in [0.25, 0.3) is 0 Å². The predicted molar refractivity (Wildman–Crippen MR) is 117 cm³/mol. The van der Waals surface area contributed by atoms with Crippen LogP contribution in [0.4, 0.5) is 20.2 Å². The molecular formula is C26H26F2N2. The molecule has 0 aromatic heterocycles. The molecule has 0 unspecified atom stereocenters. The summed E-state index contributed by atoms with van der Waals surface area (Å²) in [5.41, 5.74) is 5.19. The summed E-state index contributed by atoms with van der Waals surface area (Å²) in [6.45, 7) is 4.06. The number of alkyl halides is 2. The third-order valence-corrected chi connectivity index (χ3v) is 6.75. The molecule has 0 radical (unpaired) electrons. The number of nitrogens with zero attached hydrogens (tertiary/aromatic N) is 2. The monoisotopic (exact) mass is 404 g/mol. The standard InChI is InChI=1S/C26H26F2N2/c27-25(28)21-10-12-22(13-11-21)30-19-26(23-8-4-5-9-24(23)30)14-16-29(17-15-26)18-20-6-2-1-3-7-20/h1-13,25H,14-19H2. The van der Waals surface area contributed by atoms with Crippen molar-refractivity contribution in [2.45, 2.75) is 31.2 Å². The minimum absolute atomic E-state index is 0.0789. The van der Waals surface area contributed by atoms with Crippen molar-refractivity contribution in [2.24, 2.45) is 0 Å². The highest BCUT2D eigenvalue weighted by molar-refractivity contribution is 5.73. The van der Waals surface area contributed by atoms with Crippen LogP contribution in [0, 0.1) is 0 Å². The Morgan fingerprint density at radius 3 is 2.17 bits per heavy atom. The number of fused-ring (bicyclic) bond motifs is 2. The van der Waals surface area contributed by atoms with Crippen molar-refractivity contribution in [3.8, 4) is 0 Å². The van der Waals surface area contributed by atoms with Crippen molar-refractivity contribution in [2.75, 3.05) is 24.5 Å². The van der Waals surface area contributed by atoms with Gasteiger partial charge >= 0.3 is 0 Å². The molecule has 0 amide bonds. The van der Waals surface area contributed by atoms with Crippen LogP contribution < -0.4 is 4.90 Å². The van der Waals surface area contributed by atoms with Gasteiger partial charge < -0.3 is 4.90 Å². The van der Waals surface area contributed by atoms with Gasteiger partial charge in [0.15, 0.2) is 0 Å². The Hall–Kier alpha value is -2.72. The summed E-state index contributed by atoms with van der Waals surface area (Å²) >= 11 is 0. The fraction of sp³-hybridized carbons (Fsp3) is 0.308. The van der Waals surface area contributed by atoms with Crippen molar-refractivity contribution in [3.05, 3.63) is 95.6 Å². The molecule has 2 heterocycles. The first-order valence-corrected chi connectivity index (χ1v) is 10.7. The first-order chi connectivity index (χ1) is 14.6. The quantitative estimate of drug-likeness (QED) is 0.503. The van der Waals surface area contributed by atoms with Crippen LogP contribution >= 0.6 is 0 Å². The molecule has 3 aromatic carbocycles. The van der Waals surface area contributed by atoms with E-state index in [4.69, 9.17) is 0 Å². The minimum Gasteiger partial charge on any atom is -0.340 e. The van der Waals surface area contributed by atoms with E-state index in [-0.39, 0.29) is 11.0 Å². The molecule has 3 aromatic rings. The first kappa shape index (κ1) is 19.3. The average Bonchev–Trinajstić information content (AvgIpc) is 3.11. The second-order valence-electron chi connectivity index (χ2n) is 8.54. The maximum Gasteiger partial charge on any atom is 0.263 e. The van der Waals surface area contributed by atoms with Crippen molar-refractivity contribution < 1.29 is 8.78 Å². The van der Waals surface area contributed by atoms with E-state index < -0.39 is 6.43 Å². The lowest BCUT2D eigenvalue weighted by molar-refractivity contribution is 0.151. The van der Waals surface area contributed by atoms with Gasteiger partial charge in [-0.1, -0.05) is 60.7 Å². The number of hydrogen-bond acceptors (Lipinski definition) is 2. The second-order valence-corrected chi connectivity index (χ2v) is 8.54. The molecule has 4 heteroatoms. The Morgan fingerprint density at radius 2 is 1.47 bits per heavy atom. The molecule has 154 valence electrons. The number of rotatable bonds is 4. The number of para-hydroxylation sites is 1. The van der Waals surface area contributed by atoms with Gasteiger partial charge in [0, 0.05) is 35.4 Å². The molecule has 1 spiro atoms. The molecular weight excluding hydrogens is 378 g/mol. The molecule has 0 bridgehead atoms. The zero-order valence-electron chi connectivity index (χ0n) is 17.0. The van der Waals surface area contributed by atoms with E-state index in [1.165, 1.54) is 16.8 Å². The number of anilines is 2. The Morgan fingerprint density at radius 1 is 0.800 bits per heavy atom. The third-order valence-electron chi connectivity index (χ3n) is 6.75. The summed E-state index contributed by atoms with van der Waals surface area (Å²) in [5.74, 6) is 0. The molecule has 30 heavy (non-hydrogen) atoms. The fourth-order valence-electron chi connectivity index (χ4n) is 5.07. The highest BCUT2D eigenvalue weighted by atomic mass is 19.3. The number of piperidine rings is 1. The van der Waals surface area contributed by atoms with Gasteiger partial charge in [-0.3, -0.25) is 4.90 Å². The Balaban J connectivity index is 1.37. The summed E-state index contributed by atoms with van der Waals surface area (Å²) in [6.07, 6.45) is -0.199. The largest absolute Gasteiger partial charge is 0.340 e. The zero-order chi connectivity index (χ0) is 20.6. The number of hydrogen-bond donors (Lipinski definition) is 0. The highest BCUT2D eigenvalue weighted by Gasteiger charge is 2.44. The van der Waals surface area contributed by atoms with E-state index in [0.717, 1.165) is 44.7 Å². The molecule has 2 aliphatic heterocycles. The molecule has 0 atom stereocenters. The van der Waals surface area contributed by atoms with Gasteiger partial charge in [-0.05, 0) is 55.3 Å². The maximum atomic E-state index is 13.0. The number of likely N-dealkylation sites (tertiary alicyclic amines) is 1. The summed E-state index contributed by atoms with van der Waals surface area (Å²) in [7, 11) is 0. The third kappa shape index (κ3) is 3.50. The zero-order valence-corrected chi connectivity index (χ0v) is 17.0. The lowest BCUT2D eigenvalue weighted by atomic mass is 9.74. The van der Waals surface area contributed by atoms with Crippen LogP contribution in [0.1, 0.15) is 36.0 Å². The van der Waals surface area contributed by atoms with Crippen molar-refractivity contribution in [3.63, 3.8) is 0 Å². The molecule has 5 rings (SSSR count). The lowest BCUT2D eigenvalue weighted by Gasteiger charge is -2.40. The molecule has 2 nitrogen and oxygen atoms in total. The topological polar surface area (TPSA) is 6.48 Å². The van der Waals surface area contributed by atoms with Gasteiger partial charge in [-0.2, -0.15) is 0 Å². The van der Waals surface area contributed by atoms with Crippen molar-refractivity contribution >= 4 is 11.4 Å². The molecule has 1 saturated heterocycles. The van der Waals surface area contributed by atoms with Crippen LogP contribution in [-0.2, 0) is 12.0 Å². The molecule has 1 fully saturated rings. The van der Waals surface area contributed by atoms with E-state index in [0.29, 0.717) is 0 Å². The maximum absolute atomic E-state index is 13.0. The van der Waals surface area contributed by atoms with Gasteiger partial charge in [0.05, 0.1) is 0 Å². The Bertz CT molecular complexity index is 993. The van der Waals surface area contributed by atoms with E-state index >= 15 is 0 Å². The fourth-order valence-corrected chi connectivity index (χ4v) is 5.07. The predicted octanol–water partition coefficient (Wildman–Crippen LogP) is 6.31. The van der Waals surface area contributed by atoms with Gasteiger partial charge in [-0.25, -0.2) is 8.78 Å². The average molecular weight is 405 g/mol. The Labute approximate surface area is 176 Å². The minimum atomic E-state index is -2.43.